The molecule has 0 saturated heterocycles. The van der Waals surface area contributed by atoms with Gasteiger partial charge in [0.1, 0.15) is 0 Å². The number of hydrogen-bond acceptors (Lipinski definition) is 3. The van der Waals surface area contributed by atoms with Crippen LogP contribution < -0.4 is 11.1 Å². The number of nitrogens with one attached hydrogen (secondary N) is 1. The molecule has 0 aliphatic heterocycles. The Labute approximate surface area is 180 Å². The SMILES string of the molecule is CC1CCCC(CNC(=O)[C@@H](N)Cc2cn(Cc3ccccc3)cn2)C1.Cl.Cl. The van der Waals surface area contributed by atoms with Crippen molar-refractivity contribution >= 4 is 30.7 Å². The Morgan fingerprint density at radius 3 is 2.75 bits per heavy atom. The molecule has 0 bridgehead atoms. The number of nitrogens with zero attached hydrogens (tertiary/aromatic N) is 2. The molecule has 3 rings (SSSR count). The molecule has 1 fully saturated rings. The minimum absolute atomic E-state index is 0. The van der Waals surface area contributed by atoms with Gasteiger partial charge in [-0.1, -0.05) is 50.1 Å². The molecule has 1 aromatic heterocycles. The molecule has 1 aliphatic carbocycles. The number of amides is 1. The zero-order valence-corrected chi connectivity index (χ0v) is 18.1. The van der Waals surface area contributed by atoms with Gasteiger partial charge in [-0.3, -0.25) is 4.79 Å². The van der Waals surface area contributed by atoms with Crippen LogP contribution in [0.3, 0.4) is 0 Å². The summed E-state index contributed by atoms with van der Waals surface area (Å²) in [7, 11) is 0. The first-order valence-electron chi connectivity index (χ1n) is 9.68. The summed E-state index contributed by atoms with van der Waals surface area (Å²) >= 11 is 0. The van der Waals surface area contributed by atoms with Gasteiger partial charge in [-0.15, -0.1) is 24.8 Å². The molecule has 3 N–H and O–H groups in total. The van der Waals surface area contributed by atoms with E-state index < -0.39 is 6.04 Å². The normalized spacial score (nSPS) is 19.8. The second kappa shape index (κ2) is 12.1. The fourth-order valence-electron chi connectivity index (χ4n) is 3.83. The van der Waals surface area contributed by atoms with Crippen LogP contribution in [0.5, 0.6) is 0 Å². The lowest BCUT2D eigenvalue weighted by Crippen LogP contribution is -2.44. The predicted octanol–water partition coefficient (Wildman–Crippen LogP) is 3.59. The molecule has 0 spiro atoms. The minimum atomic E-state index is -0.545. The molecular formula is C21H32Cl2N4O. The number of nitrogens with two attached hydrogens (primary N) is 1. The van der Waals surface area contributed by atoms with Gasteiger partial charge in [0.25, 0.3) is 0 Å². The number of hydrogen-bond donors (Lipinski definition) is 2. The molecular weight excluding hydrogens is 395 g/mol. The van der Waals surface area contributed by atoms with Crippen LogP contribution in [0.2, 0.25) is 0 Å². The number of aromatic nitrogens is 2. The lowest BCUT2D eigenvalue weighted by molar-refractivity contribution is -0.122. The molecule has 1 heterocycles. The zero-order chi connectivity index (χ0) is 18.4. The van der Waals surface area contributed by atoms with Gasteiger partial charge in [-0.25, -0.2) is 4.98 Å². The molecule has 5 nitrogen and oxygen atoms in total. The van der Waals surface area contributed by atoms with Crippen LogP contribution in [-0.2, 0) is 17.8 Å². The van der Waals surface area contributed by atoms with Gasteiger partial charge < -0.3 is 15.6 Å². The van der Waals surface area contributed by atoms with Crippen LogP contribution in [0.15, 0.2) is 42.9 Å². The maximum absolute atomic E-state index is 12.3. The van der Waals surface area contributed by atoms with Gasteiger partial charge in [0, 0.05) is 25.7 Å². The summed E-state index contributed by atoms with van der Waals surface area (Å²) < 4.78 is 2.03. The molecule has 1 aromatic carbocycles. The maximum Gasteiger partial charge on any atom is 0.237 e. The minimum Gasteiger partial charge on any atom is -0.354 e. The maximum atomic E-state index is 12.3. The fourth-order valence-corrected chi connectivity index (χ4v) is 3.83. The van der Waals surface area contributed by atoms with E-state index in [-0.39, 0.29) is 30.7 Å². The average Bonchev–Trinajstić information content (AvgIpc) is 3.07. The topological polar surface area (TPSA) is 72.9 Å². The molecule has 28 heavy (non-hydrogen) atoms. The van der Waals surface area contributed by atoms with Gasteiger partial charge in [0.2, 0.25) is 5.91 Å². The third-order valence-corrected chi connectivity index (χ3v) is 5.27. The predicted molar refractivity (Wildman–Crippen MR) is 118 cm³/mol. The van der Waals surface area contributed by atoms with Gasteiger partial charge in [-0.05, 0) is 30.2 Å². The average molecular weight is 427 g/mol. The number of imidazole rings is 1. The van der Waals surface area contributed by atoms with E-state index >= 15 is 0 Å². The van der Waals surface area contributed by atoms with Gasteiger partial charge in [-0.2, -0.15) is 0 Å². The van der Waals surface area contributed by atoms with Crippen LogP contribution in [0.1, 0.15) is 43.9 Å². The van der Waals surface area contributed by atoms with E-state index in [2.05, 4.69) is 29.4 Å². The van der Waals surface area contributed by atoms with Gasteiger partial charge in [0.15, 0.2) is 0 Å². The molecule has 0 radical (unpaired) electrons. The lowest BCUT2D eigenvalue weighted by atomic mass is 9.82. The van der Waals surface area contributed by atoms with Crippen molar-refractivity contribution in [1.29, 1.82) is 0 Å². The molecule has 1 amide bonds. The Bertz CT molecular complexity index is 707. The summed E-state index contributed by atoms with van der Waals surface area (Å²) in [5, 5.41) is 3.04. The summed E-state index contributed by atoms with van der Waals surface area (Å²) in [6.07, 6.45) is 9.25. The highest BCUT2D eigenvalue weighted by Crippen LogP contribution is 2.27. The zero-order valence-electron chi connectivity index (χ0n) is 16.4. The molecule has 156 valence electrons. The van der Waals surface area contributed by atoms with Crippen molar-refractivity contribution in [3.63, 3.8) is 0 Å². The Morgan fingerprint density at radius 1 is 1.29 bits per heavy atom. The highest BCUT2D eigenvalue weighted by atomic mass is 35.5. The summed E-state index contributed by atoms with van der Waals surface area (Å²) in [5.41, 5.74) is 8.17. The summed E-state index contributed by atoms with van der Waals surface area (Å²) in [4.78, 5) is 16.7. The number of benzene rings is 1. The van der Waals surface area contributed by atoms with Crippen LogP contribution in [0.4, 0.5) is 0 Å². The summed E-state index contributed by atoms with van der Waals surface area (Å²) in [6.45, 7) is 3.82. The van der Waals surface area contributed by atoms with Gasteiger partial charge in [0.05, 0.1) is 18.1 Å². The van der Waals surface area contributed by atoms with E-state index in [9.17, 15) is 4.79 Å². The third kappa shape index (κ3) is 7.46. The number of halogens is 2. The van der Waals surface area contributed by atoms with E-state index in [1.165, 1.54) is 31.2 Å². The van der Waals surface area contributed by atoms with E-state index in [1.54, 1.807) is 6.33 Å². The molecule has 2 aromatic rings. The van der Waals surface area contributed by atoms with E-state index in [0.717, 1.165) is 24.7 Å². The summed E-state index contributed by atoms with van der Waals surface area (Å²) in [6, 6.07) is 9.70. The quantitative estimate of drug-likeness (QED) is 0.710. The van der Waals surface area contributed by atoms with Crippen LogP contribution in [-0.4, -0.2) is 28.0 Å². The van der Waals surface area contributed by atoms with Crippen molar-refractivity contribution in [2.75, 3.05) is 6.54 Å². The first-order valence-corrected chi connectivity index (χ1v) is 9.68. The molecule has 2 unspecified atom stereocenters. The lowest BCUT2D eigenvalue weighted by Gasteiger charge is -2.27. The number of rotatable bonds is 7. The second-order valence-corrected chi connectivity index (χ2v) is 7.72. The summed E-state index contributed by atoms with van der Waals surface area (Å²) in [5.74, 6) is 1.30. The van der Waals surface area contributed by atoms with Crippen molar-refractivity contribution in [2.24, 2.45) is 17.6 Å². The molecule has 1 saturated carbocycles. The second-order valence-electron chi connectivity index (χ2n) is 7.72. The Kier molecular flexibility index (Phi) is 10.6. The van der Waals surface area contributed by atoms with Crippen molar-refractivity contribution in [3.8, 4) is 0 Å². The highest BCUT2D eigenvalue weighted by molar-refractivity contribution is 5.85. The van der Waals surface area contributed by atoms with Crippen molar-refractivity contribution < 1.29 is 4.79 Å². The van der Waals surface area contributed by atoms with E-state index in [0.29, 0.717) is 12.3 Å². The fraction of sp³-hybridized carbons (Fsp3) is 0.524. The molecule has 1 aliphatic rings. The largest absolute Gasteiger partial charge is 0.354 e. The van der Waals surface area contributed by atoms with Crippen LogP contribution in [0, 0.1) is 11.8 Å². The van der Waals surface area contributed by atoms with Crippen LogP contribution in [0.25, 0.3) is 0 Å². The van der Waals surface area contributed by atoms with Crippen LogP contribution >= 0.6 is 24.8 Å². The first-order chi connectivity index (χ1) is 12.6. The highest BCUT2D eigenvalue weighted by Gasteiger charge is 2.21. The number of carbonyl (C=O) groups excluding carboxylic acids is 1. The molecule has 3 atom stereocenters. The molecule has 7 heteroatoms. The van der Waals surface area contributed by atoms with Crippen molar-refractivity contribution in [3.05, 3.63) is 54.1 Å². The van der Waals surface area contributed by atoms with Gasteiger partial charge >= 0.3 is 0 Å². The smallest absolute Gasteiger partial charge is 0.237 e. The Balaban J connectivity index is 0.00000196. The van der Waals surface area contributed by atoms with E-state index in [4.69, 9.17) is 5.73 Å². The van der Waals surface area contributed by atoms with Crippen molar-refractivity contribution in [1.82, 2.24) is 14.9 Å². The first kappa shape index (κ1) is 24.5. The third-order valence-electron chi connectivity index (χ3n) is 5.27. The van der Waals surface area contributed by atoms with Crippen molar-refractivity contribution in [2.45, 2.75) is 51.6 Å². The number of carbonyl (C=O) groups is 1. The monoisotopic (exact) mass is 426 g/mol. The Morgan fingerprint density at radius 2 is 2.04 bits per heavy atom. The standard InChI is InChI=1S/C21H30N4O.2ClH/c1-16-6-5-9-18(10-16)12-23-21(26)20(22)11-19-14-25(15-24-19)13-17-7-3-2-4-8-17;;/h2-4,7-8,14-16,18,20H,5-6,9-13,22H2,1H3,(H,23,26);2*1H/t16?,18?,20-;;/m0../s1. The van der Waals surface area contributed by atoms with E-state index in [1.807, 2.05) is 29.0 Å². The Hall–Kier alpha value is -1.56.